The molecule has 2 aromatic carbocycles. The van der Waals surface area contributed by atoms with Crippen molar-refractivity contribution in [3.05, 3.63) is 89.7 Å². The minimum Gasteiger partial charge on any atom is -0.480 e. The molecule has 3 aromatic rings. The van der Waals surface area contributed by atoms with Gasteiger partial charge in [0.15, 0.2) is 0 Å². The predicted molar refractivity (Wildman–Crippen MR) is 147 cm³/mol. The fourth-order valence-corrected chi connectivity index (χ4v) is 5.49. The lowest BCUT2D eigenvalue weighted by Crippen LogP contribution is -2.54. The highest BCUT2D eigenvalue weighted by Gasteiger charge is 2.55. The minimum atomic E-state index is -1.57. The molecule has 1 aliphatic carbocycles. The van der Waals surface area contributed by atoms with E-state index in [4.69, 9.17) is 9.47 Å². The van der Waals surface area contributed by atoms with Gasteiger partial charge in [-0.05, 0) is 60.7 Å². The number of hydrogen-bond acceptors (Lipinski definition) is 7. The fraction of sp³-hybridized carbons (Fsp3) is 0.355. The van der Waals surface area contributed by atoms with Crippen molar-refractivity contribution in [2.45, 2.75) is 56.8 Å². The zero-order valence-electron chi connectivity index (χ0n) is 22.8. The van der Waals surface area contributed by atoms with Crippen LogP contribution in [0.4, 0.5) is 4.79 Å². The third kappa shape index (κ3) is 5.42. The van der Waals surface area contributed by atoms with E-state index in [-0.39, 0.29) is 32.0 Å². The normalized spacial score (nSPS) is 20.1. The Morgan fingerprint density at radius 2 is 1.60 bits per heavy atom. The van der Waals surface area contributed by atoms with Crippen LogP contribution in [-0.2, 0) is 25.6 Å². The van der Waals surface area contributed by atoms with E-state index in [1.807, 2.05) is 48.5 Å². The molecular weight excluding hydrogens is 510 g/mol. The molecule has 1 aromatic heterocycles. The second-order valence-corrected chi connectivity index (χ2v) is 11.3. The summed E-state index contributed by atoms with van der Waals surface area (Å²) in [5.74, 6) is -2.01. The van der Waals surface area contributed by atoms with E-state index >= 15 is 0 Å². The van der Waals surface area contributed by atoms with E-state index in [9.17, 15) is 19.5 Å². The van der Waals surface area contributed by atoms with Crippen LogP contribution in [0.1, 0.15) is 49.8 Å². The van der Waals surface area contributed by atoms with E-state index in [0.717, 1.165) is 27.8 Å². The Kier molecular flexibility index (Phi) is 7.33. The quantitative estimate of drug-likeness (QED) is 0.422. The van der Waals surface area contributed by atoms with Gasteiger partial charge in [-0.2, -0.15) is 0 Å². The number of likely N-dealkylation sites (tertiary alicyclic amines) is 1. The van der Waals surface area contributed by atoms with E-state index in [2.05, 4.69) is 10.3 Å². The van der Waals surface area contributed by atoms with Crippen LogP contribution in [0.3, 0.4) is 0 Å². The van der Waals surface area contributed by atoms with Crippen molar-refractivity contribution >= 4 is 18.0 Å². The number of aromatic nitrogens is 1. The highest BCUT2D eigenvalue weighted by Crippen LogP contribution is 2.44. The first kappa shape index (κ1) is 27.3. The number of fused-ring (bicyclic) bond motifs is 3. The molecule has 40 heavy (non-hydrogen) atoms. The van der Waals surface area contributed by atoms with Crippen molar-refractivity contribution in [1.82, 2.24) is 15.2 Å². The smallest absolute Gasteiger partial charge is 0.410 e. The number of esters is 1. The van der Waals surface area contributed by atoms with Gasteiger partial charge in [-0.15, -0.1) is 0 Å². The highest BCUT2D eigenvalue weighted by atomic mass is 16.6. The molecule has 9 heteroatoms. The molecule has 2 unspecified atom stereocenters. The maximum atomic E-state index is 13.6. The van der Waals surface area contributed by atoms with Gasteiger partial charge in [0.05, 0.1) is 6.54 Å². The summed E-state index contributed by atoms with van der Waals surface area (Å²) in [6.07, 6.45) is 2.32. The molecule has 2 N–H and O–H groups in total. The Balaban J connectivity index is 1.38. The number of nitrogens with zero attached hydrogens (tertiary/aromatic N) is 2. The van der Waals surface area contributed by atoms with E-state index in [1.54, 1.807) is 45.3 Å². The standard InChI is InChI=1S/C31H33N3O6/c1-30(2,3)40-27(35)26-16-31(28(36)37,33-17-20-12-14-32-15-13-20)19-34(26)29(38)39-18-25-23-10-6-4-8-21(23)22-9-5-7-11-24(22)25/h4-15,25-26,33H,16-19H2,1-3H3,(H,36,37). The van der Waals surface area contributed by atoms with Crippen LogP contribution >= 0.6 is 0 Å². The third-order valence-corrected chi connectivity index (χ3v) is 7.40. The Bertz CT molecular complexity index is 1370. The third-order valence-electron chi connectivity index (χ3n) is 7.40. The van der Waals surface area contributed by atoms with Gasteiger partial charge in [-0.1, -0.05) is 48.5 Å². The Morgan fingerprint density at radius 1 is 1.00 bits per heavy atom. The van der Waals surface area contributed by atoms with Crippen LogP contribution < -0.4 is 5.32 Å². The SMILES string of the molecule is CC(C)(C)OC(=O)C1CC(NCc2ccncc2)(C(=O)O)CN1C(=O)OCC1c2ccccc2-c2ccccc21. The number of amides is 1. The van der Waals surface area contributed by atoms with Crippen molar-refractivity contribution in [2.24, 2.45) is 0 Å². The van der Waals surface area contributed by atoms with Crippen LogP contribution in [0.25, 0.3) is 11.1 Å². The summed E-state index contributed by atoms with van der Waals surface area (Å²) >= 11 is 0. The van der Waals surface area contributed by atoms with Crippen molar-refractivity contribution in [2.75, 3.05) is 13.2 Å². The summed E-state index contributed by atoms with van der Waals surface area (Å²) in [6.45, 7) is 5.19. The molecule has 5 rings (SSSR count). The zero-order chi connectivity index (χ0) is 28.5. The number of rotatable bonds is 7. The first-order valence-electron chi connectivity index (χ1n) is 13.3. The van der Waals surface area contributed by atoms with Gasteiger partial charge in [-0.3, -0.25) is 20.0 Å². The number of ether oxygens (including phenoxy) is 2. The molecule has 2 aliphatic rings. The van der Waals surface area contributed by atoms with Crippen molar-refractivity contribution in [3.63, 3.8) is 0 Å². The van der Waals surface area contributed by atoms with Crippen LogP contribution in [0.15, 0.2) is 73.1 Å². The average molecular weight is 544 g/mol. The molecule has 1 aliphatic heterocycles. The van der Waals surface area contributed by atoms with E-state index in [1.165, 1.54) is 4.90 Å². The lowest BCUT2D eigenvalue weighted by molar-refractivity contribution is -0.159. The number of carbonyl (C=O) groups excluding carboxylic acids is 2. The van der Waals surface area contributed by atoms with Crippen LogP contribution in [0, 0.1) is 0 Å². The molecule has 1 amide bonds. The minimum absolute atomic E-state index is 0.0505. The first-order valence-corrected chi connectivity index (χ1v) is 13.3. The number of aliphatic carboxylic acids is 1. The van der Waals surface area contributed by atoms with Crippen molar-refractivity contribution in [1.29, 1.82) is 0 Å². The second kappa shape index (κ2) is 10.7. The Morgan fingerprint density at radius 3 is 2.17 bits per heavy atom. The summed E-state index contributed by atoms with van der Waals surface area (Å²) in [7, 11) is 0. The summed E-state index contributed by atoms with van der Waals surface area (Å²) in [5.41, 5.74) is 2.73. The van der Waals surface area contributed by atoms with E-state index in [0.29, 0.717) is 0 Å². The molecule has 1 fully saturated rings. The summed E-state index contributed by atoms with van der Waals surface area (Å²) < 4.78 is 11.4. The zero-order valence-corrected chi connectivity index (χ0v) is 22.8. The average Bonchev–Trinajstić information content (AvgIpc) is 3.48. The number of pyridine rings is 1. The molecule has 1 saturated heterocycles. The molecule has 2 heterocycles. The van der Waals surface area contributed by atoms with Gasteiger partial charge < -0.3 is 14.6 Å². The van der Waals surface area contributed by atoms with Crippen LogP contribution in [-0.4, -0.2) is 63.4 Å². The molecule has 208 valence electrons. The number of hydrogen-bond donors (Lipinski definition) is 2. The Hall–Kier alpha value is -4.24. The lowest BCUT2D eigenvalue weighted by atomic mass is 9.95. The number of benzene rings is 2. The van der Waals surface area contributed by atoms with Gasteiger partial charge in [0.25, 0.3) is 0 Å². The summed E-state index contributed by atoms with van der Waals surface area (Å²) in [4.78, 5) is 44.6. The van der Waals surface area contributed by atoms with Crippen molar-refractivity contribution < 1.29 is 29.0 Å². The van der Waals surface area contributed by atoms with Gasteiger partial charge in [0.2, 0.25) is 0 Å². The first-order chi connectivity index (χ1) is 19.1. The molecule has 9 nitrogen and oxygen atoms in total. The topological polar surface area (TPSA) is 118 Å². The van der Waals surface area contributed by atoms with Gasteiger partial charge in [0.1, 0.15) is 23.8 Å². The van der Waals surface area contributed by atoms with Gasteiger partial charge in [0, 0.05) is 31.3 Å². The number of carboxylic acids is 1. The van der Waals surface area contributed by atoms with Gasteiger partial charge >= 0.3 is 18.0 Å². The number of nitrogens with one attached hydrogen (secondary N) is 1. The molecule has 0 radical (unpaired) electrons. The fourth-order valence-electron chi connectivity index (χ4n) is 5.49. The number of carbonyl (C=O) groups is 3. The lowest BCUT2D eigenvalue weighted by Gasteiger charge is -2.27. The summed E-state index contributed by atoms with van der Waals surface area (Å²) in [6, 6.07) is 18.4. The highest BCUT2D eigenvalue weighted by molar-refractivity contribution is 5.88. The molecule has 0 bridgehead atoms. The number of carboxylic acid groups (broad SMARTS) is 1. The summed E-state index contributed by atoms with van der Waals surface area (Å²) in [5, 5.41) is 13.4. The molecule has 2 atom stereocenters. The Labute approximate surface area is 233 Å². The predicted octanol–water partition coefficient (Wildman–Crippen LogP) is 4.36. The molecule has 0 saturated carbocycles. The van der Waals surface area contributed by atoms with Crippen molar-refractivity contribution in [3.8, 4) is 11.1 Å². The maximum absolute atomic E-state index is 13.6. The van der Waals surface area contributed by atoms with E-state index < -0.39 is 35.2 Å². The van der Waals surface area contributed by atoms with Crippen LogP contribution in [0.5, 0.6) is 0 Å². The second-order valence-electron chi connectivity index (χ2n) is 11.3. The molecular formula is C31H33N3O6. The maximum Gasteiger partial charge on any atom is 0.410 e. The largest absolute Gasteiger partial charge is 0.480 e. The molecule has 0 spiro atoms. The van der Waals surface area contributed by atoms with Crippen LogP contribution in [0.2, 0.25) is 0 Å². The monoisotopic (exact) mass is 543 g/mol. The van der Waals surface area contributed by atoms with Gasteiger partial charge in [-0.25, -0.2) is 9.59 Å².